The molecular formula is C24H29ClN4O4. The molecular weight excluding hydrogens is 444 g/mol. The van der Waals surface area contributed by atoms with E-state index in [9.17, 15) is 0 Å². The van der Waals surface area contributed by atoms with Gasteiger partial charge in [-0.2, -0.15) is 0 Å². The Morgan fingerprint density at radius 1 is 1.00 bits per heavy atom. The molecule has 8 nitrogen and oxygen atoms in total. The number of hydrogen-bond donors (Lipinski definition) is 1. The molecule has 0 radical (unpaired) electrons. The van der Waals surface area contributed by atoms with E-state index in [1.807, 2.05) is 30.3 Å². The minimum atomic E-state index is 0.492. The Kier molecular flexibility index (Phi) is 7.69. The zero-order valence-corrected chi connectivity index (χ0v) is 19.9. The van der Waals surface area contributed by atoms with Crippen molar-refractivity contribution in [1.82, 2.24) is 14.9 Å². The standard InChI is InChI=1S/C24H29ClN4O4/c1-30-19-15-18-20(22(32-3)21(19)31-2)27-23(16-5-7-17(25)8-6-16)28-24(18)26-9-4-10-29-11-13-33-14-12-29/h5-8,15H,4,9-14H2,1-3H3,(H,26,27,28). The van der Waals surface area contributed by atoms with Crippen LogP contribution in [0.1, 0.15) is 6.42 Å². The van der Waals surface area contributed by atoms with Gasteiger partial charge in [0.15, 0.2) is 17.3 Å². The summed E-state index contributed by atoms with van der Waals surface area (Å²) in [5, 5.41) is 4.96. The van der Waals surface area contributed by atoms with E-state index in [0.717, 1.165) is 56.8 Å². The number of morpholine rings is 1. The zero-order chi connectivity index (χ0) is 23.2. The van der Waals surface area contributed by atoms with E-state index < -0.39 is 0 Å². The summed E-state index contributed by atoms with van der Waals surface area (Å²) in [4.78, 5) is 12.1. The van der Waals surface area contributed by atoms with Crippen molar-refractivity contribution in [2.45, 2.75) is 6.42 Å². The summed E-state index contributed by atoms with van der Waals surface area (Å²) in [5.41, 5.74) is 1.50. The van der Waals surface area contributed by atoms with Gasteiger partial charge in [-0.15, -0.1) is 0 Å². The van der Waals surface area contributed by atoms with E-state index in [0.29, 0.717) is 39.4 Å². The van der Waals surface area contributed by atoms with Gasteiger partial charge in [-0.25, -0.2) is 9.97 Å². The molecule has 33 heavy (non-hydrogen) atoms. The molecule has 9 heteroatoms. The van der Waals surface area contributed by atoms with Crippen LogP contribution in [0.2, 0.25) is 5.02 Å². The van der Waals surface area contributed by atoms with Gasteiger partial charge < -0.3 is 24.3 Å². The van der Waals surface area contributed by atoms with Gasteiger partial charge in [0.25, 0.3) is 0 Å². The molecule has 2 heterocycles. The summed E-state index contributed by atoms with van der Waals surface area (Å²) in [6.45, 7) is 5.33. The lowest BCUT2D eigenvalue weighted by Gasteiger charge is -2.26. The normalized spacial score (nSPS) is 14.3. The van der Waals surface area contributed by atoms with E-state index in [1.165, 1.54) is 0 Å². The number of methoxy groups -OCH3 is 3. The van der Waals surface area contributed by atoms with E-state index in [2.05, 4.69) is 10.2 Å². The first-order chi connectivity index (χ1) is 16.1. The van der Waals surface area contributed by atoms with Crippen molar-refractivity contribution in [2.24, 2.45) is 0 Å². The van der Waals surface area contributed by atoms with E-state index >= 15 is 0 Å². The summed E-state index contributed by atoms with van der Waals surface area (Å²) < 4.78 is 22.3. The third-order valence-corrected chi connectivity index (χ3v) is 5.90. The molecule has 1 fully saturated rings. The summed E-state index contributed by atoms with van der Waals surface area (Å²) in [6, 6.07) is 9.34. The molecule has 1 aliphatic rings. The maximum absolute atomic E-state index is 6.08. The molecule has 1 N–H and O–H groups in total. The first-order valence-corrected chi connectivity index (χ1v) is 11.3. The maximum atomic E-state index is 6.08. The number of rotatable bonds is 9. The highest BCUT2D eigenvalue weighted by atomic mass is 35.5. The van der Waals surface area contributed by atoms with Crippen LogP contribution in [-0.2, 0) is 4.74 Å². The highest BCUT2D eigenvalue weighted by Gasteiger charge is 2.21. The van der Waals surface area contributed by atoms with Crippen molar-refractivity contribution in [3.63, 3.8) is 0 Å². The quantitative estimate of drug-likeness (QED) is 0.466. The van der Waals surface area contributed by atoms with Crippen molar-refractivity contribution in [3.05, 3.63) is 35.4 Å². The molecule has 2 aromatic carbocycles. The van der Waals surface area contributed by atoms with Crippen LogP contribution < -0.4 is 19.5 Å². The van der Waals surface area contributed by atoms with Crippen molar-refractivity contribution >= 4 is 28.3 Å². The smallest absolute Gasteiger partial charge is 0.205 e. The van der Waals surface area contributed by atoms with Crippen LogP contribution in [0.3, 0.4) is 0 Å². The first kappa shape index (κ1) is 23.4. The molecule has 3 aromatic rings. The number of benzene rings is 2. The highest BCUT2D eigenvalue weighted by Crippen LogP contribution is 2.44. The first-order valence-electron chi connectivity index (χ1n) is 10.9. The molecule has 0 saturated carbocycles. The minimum Gasteiger partial charge on any atom is -0.493 e. The fraction of sp³-hybridized carbons (Fsp3) is 0.417. The van der Waals surface area contributed by atoms with Crippen LogP contribution in [0.15, 0.2) is 30.3 Å². The average molecular weight is 473 g/mol. The van der Waals surface area contributed by atoms with Gasteiger partial charge >= 0.3 is 0 Å². The molecule has 176 valence electrons. The van der Waals surface area contributed by atoms with Crippen LogP contribution in [0.25, 0.3) is 22.3 Å². The third kappa shape index (κ3) is 5.24. The van der Waals surface area contributed by atoms with Gasteiger partial charge in [0.2, 0.25) is 5.75 Å². The Labute approximate surface area is 198 Å². The fourth-order valence-electron chi connectivity index (χ4n) is 3.93. The van der Waals surface area contributed by atoms with Gasteiger partial charge in [-0.1, -0.05) is 11.6 Å². The number of nitrogens with zero attached hydrogens (tertiary/aromatic N) is 3. The molecule has 1 aliphatic heterocycles. The predicted octanol–water partition coefficient (Wildman–Crippen LogP) is 4.11. The largest absolute Gasteiger partial charge is 0.493 e. The Balaban J connectivity index is 1.70. The molecule has 0 unspecified atom stereocenters. The molecule has 0 amide bonds. The maximum Gasteiger partial charge on any atom is 0.205 e. The van der Waals surface area contributed by atoms with Crippen molar-refractivity contribution in [2.75, 3.05) is 66.0 Å². The summed E-state index contributed by atoms with van der Waals surface area (Å²) in [5.74, 6) is 2.83. The molecule has 0 bridgehead atoms. The lowest BCUT2D eigenvalue weighted by Crippen LogP contribution is -2.37. The fourth-order valence-corrected chi connectivity index (χ4v) is 4.05. The third-order valence-electron chi connectivity index (χ3n) is 5.64. The topological polar surface area (TPSA) is 78.0 Å². The number of halogens is 1. The van der Waals surface area contributed by atoms with Crippen LogP contribution in [-0.4, -0.2) is 75.6 Å². The lowest BCUT2D eigenvalue weighted by atomic mass is 10.1. The van der Waals surface area contributed by atoms with Gasteiger partial charge in [0.1, 0.15) is 11.3 Å². The van der Waals surface area contributed by atoms with E-state index in [-0.39, 0.29) is 0 Å². The van der Waals surface area contributed by atoms with Crippen LogP contribution in [0.4, 0.5) is 5.82 Å². The van der Waals surface area contributed by atoms with Crippen LogP contribution in [0.5, 0.6) is 17.2 Å². The average Bonchev–Trinajstić information content (AvgIpc) is 2.86. The van der Waals surface area contributed by atoms with E-state index in [4.69, 9.17) is 40.5 Å². The molecule has 0 spiro atoms. The van der Waals surface area contributed by atoms with Gasteiger partial charge in [0, 0.05) is 30.2 Å². The van der Waals surface area contributed by atoms with Crippen molar-refractivity contribution in [3.8, 4) is 28.6 Å². The molecule has 1 aromatic heterocycles. The van der Waals surface area contributed by atoms with Crippen molar-refractivity contribution < 1.29 is 18.9 Å². The Hall–Kier alpha value is -2.81. The monoisotopic (exact) mass is 472 g/mol. The number of anilines is 1. The zero-order valence-electron chi connectivity index (χ0n) is 19.2. The predicted molar refractivity (Wildman–Crippen MR) is 130 cm³/mol. The number of hydrogen-bond acceptors (Lipinski definition) is 8. The number of nitrogens with one attached hydrogen (secondary N) is 1. The second-order valence-electron chi connectivity index (χ2n) is 7.68. The Bertz CT molecular complexity index is 1090. The van der Waals surface area contributed by atoms with Gasteiger partial charge in [-0.3, -0.25) is 4.90 Å². The number of fused-ring (bicyclic) bond motifs is 1. The van der Waals surface area contributed by atoms with Crippen LogP contribution in [0, 0.1) is 0 Å². The lowest BCUT2D eigenvalue weighted by molar-refractivity contribution is 0.0378. The molecule has 0 aliphatic carbocycles. The second-order valence-corrected chi connectivity index (χ2v) is 8.11. The summed E-state index contributed by atoms with van der Waals surface area (Å²) in [6.07, 6.45) is 0.978. The second kappa shape index (κ2) is 10.9. The molecule has 4 rings (SSSR count). The molecule has 0 atom stereocenters. The Morgan fingerprint density at radius 2 is 1.73 bits per heavy atom. The minimum absolute atomic E-state index is 0.492. The number of ether oxygens (including phenoxy) is 4. The van der Waals surface area contributed by atoms with Gasteiger partial charge in [0.05, 0.1) is 39.9 Å². The van der Waals surface area contributed by atoms with Gasteiger partial charge in [-0.05, 0) is 43.3 Å². The Morgan fingerprint density at radius 3 is 2.39 bits per heavy atom. The summed E-state index contributed by atoms with van der Waals surface area (Å²) in [7, 11) is 4.77. The van der Waals surface area contributed by atoms with Crippen LogP contribution >= 0.6 is 11.6 Å². The van der Waals surface area contributed by atoms with Crippen molar-refractivity contribution in [1.29, 1.82) is 0 Å². The van der Waals surface area contributed by atoms with E-state index in [1.54, 1.807) is 21.3 Å². The highest BCUT2D eigenvalue weighted by molar-refractivity contribution is 6.30. The molecule has 1 saturated heterocycles. The summed E-state index contributed by atoms with van der Waals surface area (Å²) >= 11 is 6.08. The number of aromatic nitrogens is 2. The SMILES string of the molecule is COc1cc2c(NCCCN3CCOCC3)nc(-c3ccc(Cl)cc3)nc2c(OC)c1OC.